The maximum Gasteiger partial charge on any atom is 0.346 e. The normalized spacial score (nSPS) is 20.3. The summed E-state index contributed by atoms with van der Waals surface area (Å²) in [5, 5.41) is 7.86. The summed E-state index contributed by atoms with van der Waals surface area (Å²) in [6.45, 7) is 3.96. The number of carbonyl (C=O) groups excluding carboxylic acids is 2. The summed E-state index contributed by atoms with van der Waals surface area (Å²) in [5.74, 6) is -0.354. The van der Waals surface area contributed by atoms with Gasteiger partial charge in [0.25, 0.3) is 5.91 Å². The highest BCUT2D eigenvalue weighted by atomic mass is 16.2. The standard InChI is InChI=1S/C20H21N3O2/c1-3-15-10-12-16(13-11-15)14-21-23-18(24)20(4-2,22-19(23)25)17-8-6-5-7-9-17/h5-14H,3-4H2,1-2H3,(H,22,25)/b21-14-/t20-/m1/s1. The molecule has 1 N–H and O–H groups in total. The Morgan fingerprint density at radius 3 is 2.32 bits per heavy atom. The molecule has 128 valence electrons. The van der Waals surface area contributed by atoms with Crippen LogP contribution in [-0.4, -0.2) is 23.2 Å². The van der Waals surface area contributed by atoms with E-state index in [2.05, 4.69) is 17.3 Å². The number of amides is 3. The Bertz CT molecular complexity index is 799. The predicted molar refractivity (Wildman–Crippen MR) is 97.2 cm³/mol. The van der Waals surface area contributed by atoms with E-state index in [-0.39, 0.29) is 5.91 Å². The molecule has 0 spiro atoms. The third-order valence-electron chi connectivity index (χ3n) is 4.58. The number of urea groups is 1. The van der Waals surface area contributed by atoms with Crippen molar-refractivity contribution in [3.8, 4) is 0 Å². The van der Waals surface area contributed by atoms with E-state index in [4.69, 9.17) is 0 Å². The van der Waals surface area contributed by atoms with Crippen LogP contribution in [0.3, 0.4) is 0 Å². The molecule has 5 nitrogen and oxygen atoms in total. The zero-order valence-electron chi connectivity index (χ0n) is 14.4. The molecule has 25 heavy (non-hydrogen) atoms. The number of nitrogens with one attached hydrogen (secondary N) is 1. The van der Waals surface area contributed by atoms with Crippen LogP contribution in [0.15, 0.2) is 59.7 Å². The van der Waals surface area contributed by atoms with Gasteiger partial charge in [0, 0.05) is 0 Å². The molecule has 5 heteroatoms. The van der Waals surface area contributed by atoms with E-state index < -0.39 is 11.6 Å². The molecule has 0 radical (unpaired) electrons. The molecule has 1 atom stereocenters. The minimum absolute atomic E-state index is 0.354. The lowest BCUT2D eigenvalue weighted by molar-refractivity contribution is -0.131. The second-order valence-electron chi connectivity index (χ2n) is 6.01. The topological polar surface area (TPSA) is 61.8 Å². The van der Waals surface area contributed by atoms with Crippen LogP contribution in [-0.2, 0) is 16.8 Å². The second kappa shape index (κ2) is 6.89. The molecule has 0 aromatic heterocycles. The van der Waals surface area contributed by atoms with Gasteiger partial charge in [-0.25, -0.2) is 4.79 Å². The zero-order chi connectivity index (χ0) is 17.9. The second-order valence-corrected chi connectivity index (χ2v) is 6.01. The Balaban J connectivity index is 1.86. The minimum Gasteiger partial charge on any atom is -0.318 e. The van der Waals surface area contributed by atoms with E-state index in [1.807, 2.05) is 61.5 Å². The summed E-state index contributed by atoms with van der Waals surface area (Å²) < 4.78 is 0. The molecule has 0 unspecified atom stereocenters. The van der Waals surface area contributed by atoms with Gasteiger partial charge in [-0.1, -0.05) is 68.4 Å². The molecule has 1 saturated heterocycles. The first-order valence-electron chi connectivity index (χ1n) is 8.46. The summed E-state index contributed by atoms with van der Waals surface area (Å²) in [4.78, 5) is 25.3. The lowest BCUT2D eigenvalue weighted by Gasteiger charge is -2.24. The Labute approximate surface area is 147 Å². The van der Waals surface area contributed by atoms with Crippen LogP contribution in [0.1, 0.15) is 37.0 Å². The SMILES string of the molecule is CCc1ccc(/C=N\N2C(=O)N[C@](CC)(c3ccccc3)C2=O)cc1. The van der Waals surface area contributed by atoms with Crippen LogP contribution in [0.5, 0.6) is 0 Å². The Hall–Kier alpha value is -2.95. The van der Waals surface area contributed by atoms with Gasteiger partial charge < -0.3 is 5.32 Å². The van der Waals surface area contributed by atoms with Crippen molar-refractivity contribution < 1.29 is 9.59 Å². The Morgan fingerprint density at radius 2 is 1.72 bits per heavy atom. The van der Waals surface area contributed by atoms with Crippen LogP contribution < -0.4 is 5.32 Å². The first-order valence-corrected chi connectivity index (χ1v) is 8.46. The van der Waals surface area contributed by atoms with Gasteiger partial charge in [0.2, 0.25) is 0 Å². The van der Waals surface area contributed by atoms with E-state index in [1.165, 1.54) is 11.8 Å². The molecule has 3 rings (SSSR count). The van der Waals surface area contributed by atoms with Crippen LogP contribution in [0, 0.1) is 0 Å². The van der Waals surface area contributed by atoms with Crippen LogP contribution in [0.2, 0.25) is 0 Å². The van der Waals surface area contributed by atoms with Crippen molar-refractivity contribution in [2.45, 2.75) is 32.2 Å². The number of hydrogen-bond acceptors (Lipinski definition) is 3. The molecular weight excluding hydrogens is 314 g/mol. The van der Waals surface area contributed by atoms with Gasteiger partial charge in [0.15, 0.2) is 0 Å². The average molecular weight is 335 g/mol. The van der Waals surface area contributed by atoms with Crippen molar-refractivity contribution >= 4 is 18.2 Å². The molecule has 2 aromatic rings. The fraction of sp³-hybridized carbons (Fsp3) is 0.250. The van der Waals surface area contributed by atoms with Gasteiger partial charge in [0.05, 0.1) is 6.21 Å². The molecule has 0 bridgehead atoms. The number of carbonyl (C=O) groups is 2. The molecule has 2 aromatic carbocycles. The van der Waals surface area contributed by atoms with Crippen LogP contribution >= 0.6 is 0 Å². The van der Waals surface area contributed by atoms with E-state index >= 15 is 0 Å². The van der Waals surface area contributed by atoms with Gasteiger partial charge in [-0.15, -0.1) is 5.01 Å². The third-order valence-corrected chi connectivity index (χ3v) is 4.58. The van der Waals surface area contributed by atoms with E-state index in [1.54, 1.807) is 0 Å². The van der Waals surface area contributed by atoms with Crippen molar-refractivity contribution in [1.29, 1.82) is 0 Å². The quantitative estimate of drug-likeness (QED) is 0.672. The summed E-state index contributed by atoms with van der Waals surface area (Å²) in [5.41, 5.74) is 1.77. The predicted octanol–water partition coefficient (Wildman–Crippen LogP) is 3.44. The maximum absolute atomic E-state index is 12.9. The largest absolute Gasteiger partial charge is 0.346 e. The summed E-state index contributed by atoms with van der Waals surface area (Å²) in [7, 11) is 0. The van der Waals surface area contributed by atoms with E-state index in [9.17, 15) is 9.59 Å². The van der Waals surface area contributed by atoms with Crippen molar-refractivity contribution in [1.82, 2.24) is 10.3 Å². The van der Waals surface area contributed by atoms with Gasteiger partial charge in [-0.2, -0.15) is 5.10 Å². The number of aryl methyl sites for hydroxylation is 1. The van der Waals surface area contributed by atoms with Gasteiger partial charge in [0.1, 0.15) is 5.54 Å². The summed E-state index contributed by atoms with van der Waals surface area (Å²) >= 11 is 0. The number of hydrazone groups is 1. The van der Waals surface area contributed by atoms with Gasteiger partial charge in [-0.3, -0.25) is 4.79 Å². The number of rotatable bonds is 5. The van der Waals surface area contributed by atoms with Crippen molar-refractivity contribution in [2.75, 3.05) is 0 Å². The fourth-order valence-corrected chi connectivity index (χ4v) is 2.99. The Kier molecular flexibility index (Phi) is 4.65. The molecular formula is C20H21N3O2. The highest BCUT2D eigenvalue weighted by Crippen LogP contribution is 2.32. The molecule has 1 aliphatic heterocycles. The molecule has 0 saturated carbocycles. The number of benzene rings is 2. The maximum atomic E-state index is 12.9. The van der Waals surface area contributed by atoms with Gasteiger partial charge in [-0.05, 0) is 29.5 Å². The van der Waals surface area contributed by atoms with Gasteiger partial charge >= 0.3 is 6.03 Å². The third kappa shape index (κ3) is 3.05. The van der Waals surface area contributed by atoms with Crippen molar-refractivity contribution in [3.63, 3.8) is 0 Å². The lowest BCUT2D eigenvalue weighted by Crippen LogP contribution is -2.43. The Morgan fingerprint density at radius 1 is 1.04 bits per heavy atom. The zero-order valence-corrected chi connectivity index (χ0v) is 14.4. The van der Waals surface area contributed by atoms with Crippen molar-refractivity contribution in [2.24, 2.45) is 5.10 Å². The average Bonchev–Trinajstić information content (AvgIpc) is 2.92. The molecule has 0 aliphatic carbocycles. The van der Waals surface area contributed by atoms with E-state index in [0.717, 1.165) is 22.6 Å². The van der Waals surface area contributed by atoms with E-state index in [0.29, 0.717) is 6.42 Å². The number of nitrogens with zero attached hydrogens (tertiary/aromatic N) is 2. The lowest BCUT2D eigenvalue weighted by atomic mass is 9.87. The minimum atomic E-state index is -1.05. The number of hydrogen-bond donors (Lipinski definition) is 1. The summed E-state index contributed by atoms with van der Waals surface area (Å²) in [6, 6.07) is 16.6. The highest BCUT2D eigenvalue weighted by molar-refractivity contribution is 6.07. The first kappa shape index (κ1) is 16.9. The highest BCUT2D eigenvalue weighted by Gasteiger charge is 2.51. The molecule has 3 amide bonds. The summed E-state index contributed by atoms with van der Waals surface area (Å²) in [6.07, 6.45) is 2.95. The fourth-order valence-electron chi connectivity index (χ4n) is 2.99. The first-order chi connectivity index (χ1) is 12.1. The van der Waals surface area contributed by atoms with Crippen LogP contribution in [0.25, 0.3) is 0 Å². The van der Waals surface area contributed by atoms with Crippen LogP contribution in [0.4, 0.5) is 4.79 Å². The monoisotopic (exact) mass is 335 g/mol. The van der Waals surface area contributed by atoms with Crippen molar-refractivity contribution in [3.05, 3.63) is 71.3 Å². The molecule has 1 fully saturated rings. The molecule has 1 heterocycles. The molecule has 1 aliphatic rings. The smallest absolute Gasteiger partial charge is 0.318 e. The number of imide groups is 1.